The van der Waals surface area contributed by atoms with Crippen molar-refractivity contribution in [3.8, 4) is 0 Å². The van der Waals surface area contributed by atoms with Gasteiger partial charge in [0.05, 0.1) is 0 Å². The number of aromatic nitrogens is 1. The van der Waals surface area contributed by atoms with E-state index in [0.29, 0.717) is 18.6 Å². The highest BCUT2D eigenvalue weighted by molar-refractivity contribution is 5.50. The van der Waals surface area contributed by atoms with Crippen molar-refractivity contribution in [1.82, 2.24) is 4.98 Å². The monoisotopic (exact) mass is 247 g/mol. The molecular weight excluding hydrogens is 222 g/mol. The number of nitrogens with zero attached hydrogens (tertiary/aromatic N) is 2. The molecule has 2 heterocycles. The average molecular weight is 247 g/mol. The average Bonchev–Trinajstić information content (AvgIpc) is 2.71. The van der Waals surface area contributed by atoms with Gasteiger partial charge in [0.2, 0.25) is 0 Å². The molecule has 0 bridgehead atoms. The molecule has 1 aromatic rings. The van der Waals surface area contributed by atoms with E-state index >= 15 is 0 Å². The molecule has 0 spiro atoms. The van der Waals surface area contributed by atoms with Gasteiger partial charge in [-0.25, -0.2) is 4.98 Å². The molecule has 1 aliphatic rings. The Balaban J connectivity index is 2.27. The van der Waals surface area contributed by atoms with Crippen LogP contribution < -0.4 is 10.6 Å². The van der Waals surface area contributed by atoms with Crippen LogP contribution in [0, 0.1) is 6.92 Å². The first kappa shape index (κ1) is 13.3. The van der Waals surface area contributed by atoms with E-state index in [9.17, 15) is 0 Å². The molecule has 1 saturated heterocycles. The van der Waals surface area contributed by atoms with Crippen LogP contribution in [-0.2, 0) is 6.42 Å². The number of nitrogens with two attached hydrogens (primary N) is 1. The number of rotatable bonds is 4. The van der Waals surface area contributed by atoms with Gasteiger partial charge in [-0.05, 0) is 57.2 Å². The third-order valence-electron chi connectivity index (χ3n) is 4.04. The van der Waals surface area contributed by atoms with Gasteiger partial charge >= 0.3 is 0 Å². The Morgan fingerprint density at radius 3 is 2.83 bits per heavy atom. The smallest absolute Gasteiger partial charge is 0.131 e. The molecule has 0 saturated carbocycles. The second-order valence-corrected chi connectivity index (χ2v) is 5.42. The molecule has 0 aromatic carbocycles. The van der Waals surface area contributed by atoms with E-state index < -0.39 is 0 Å². The molecule has 2 N–H and O–H groups in total. The van der Waals surface area contributed by atoms with E-state index in [1.807, 2.05) is 6.20 Å². The maximum absolute atomic E-state index is 5.60. The van der Waals surface area contributed by atoms with Gasteiger partial charge in [0.1, 0.15) is 5.82 Å². The molecular formula is C15H25N3. The van der Waals surface area contributed by atoms with E-state index in [4.69, 9.17) is 10.7 Å². The van der Waals surface area contributed by atoms with Crippen LogP contribution in [-0.4, -0.2) is 23.6 Å². The van der Waals surface area contributed by atoms with Gasteiger partial charge in [-0.3, -0.25) is 0 Å². The van der Waals surface area contributed by atoms with Crippen molar-refractivity contribution in [2.75, 3.05) is 11.4 Å². The normalized spacial score (nSPS) is 23.7. The topological polar surface area (TPSA) is 42.2 Å². The molecule has 1 aliphatic heterocycles. The van der Waals surface area contributed by atoms with E-state index in [2.05, 4.69) is 31.7 Å². The summed E-state index contributed by atoms with van der Waals surface area (Å²) in [5.74, 6) is 1.17. The Labute approximate surface area is 110 Å². The quantitative estimate of drug-likeness (QED) is 0.889. The summed E-state index contributed by atoms with van der Waals surface area (Å²) in [6.07, 6.45) is 6.69. The SMILES string of the molecule is CCC1CCC(C)N1c1ncc(CCN)cc1C. The van der Waals surface area contributed by atoms with Gasteiger partial charge in [0.25, 0.3) is 0 Å². The third kappa shape index (κ3) is 2.51. The van der Waals surface area contributed by atoms with Crippen LogP contribution >= 0.6 is 0 Å². The van der Waals surface area contributed by atoms with Gasteiger partial charge < -0.3 is 10.6 Å². The lowest BCUT2D eigenvalue weighted by Gasteiger charge is -2.30. The van der Waals surface area contributed by atoms with E-state index in [1.54, 1.807) is 0 Å². The van der Waals surface area contributed by atoms with Crippen LogP contribution in [0.25, 0.3) is 0 Å². The number of hydrogen-bond acceptors (Lipinski definition) is 3. The molecule has 1 fully saturated rings. The summed E-state index contributed by atoms with van der Waals surface area (Å²) < 4.78 is 0. The van der Waals surface area contributed by atoms with Crippen molar-refractivity contribution in [3.05, 3.63) is 23.4 Å². The summed E-state index contributed by atoms with van der Waals surface area (Å²) in [6, 6.07) is 3.51. The Bertz CT molecular complexity index is 403. The van der Waals surface area contributed by atoms with Gasteiger partial charge in [-0.1, -0.05) is 13.0 Å². The van der Waals surface area contributed by atoms with Crippen molar-refractivity contribution in [1.29, 1.82) is 0 Å². The number of anilines is 1. The molecule has 3 nitrogen and oxygen atoms in total. The predicted molar refractivity (Wildman–Crippen MR) is 77.0 cm³/mol. The van der Waals surface area contributed by atoms with Gasteiger partial charge in [0, 0.05) is 18.3 Å². The van der Waals surface area contributed by atoms with E-state index in [-0.39, 0.29) is 0 Å². The molecule has 1 aromatic heterocycles. The fourth-order valence-electron chi connectivity index (χ4n) is 3.05. The number of hydrogen-bond donors (Lipinski definition) is 1. The first-order valence-electron chi connectivity index (χ1n) is 7.11. The Morgan fingerprint density at radius 2 is 2.22 bits per heavy atom. The maximum atomic E-state index is 5.60. The predicted octanol–water partition coefficient (Wildman–Crippen LogP) is 2.66. The lowest BCUT2D eigenvalue weighted by Crippen LogP contribution is -2.35. The molecule has 3 heteroatoms. The minimum Gasteiger partial charge on any atom is -0.351 e. The van der Waals surface area contributed by atoms with Crippen molar-refractivity contribution in [2.24, 2.45) is 5.73 Å². The third-order valence-corrected chi connectivity index (χ3v) is 4.04. The van der Waals surface area contributed by atoms with Crippen molar-refractivity contribution in [2.45, 2.75) is 58.5 Å². The zero-order chi connectivity index (χ0) is 13.1. The van der Waals surface area contributed by atoms with Crippen LogP contribution in [0.5, 0.6) is 0 Å². The number of aryl methyl sites for hydroxylation is 1. The minimum atomic E-state index is 0.613. The minimum absolute atomic E-state index is 0.613. The fraction of sp³-hybridized carbons (Fsp3) is 0.667. The largest absolute Gasteiger partial charge is 0.351 e. The standard InChI is InChI=1S/C15H25N3/c1-4-14-6-5-12(3)18(14)15-11(2)9-13(7-8-16)10-17-15/h9-10,12,14H,4-8,16H2,1-3H3. The summed E-state index contributed by atoms with van der Waals surface area (Å²) in [5, 5.41) is 0. The lowest BCUT2D eigenvalue weighted by molar-refractivity contribution is 0.619. The second kappa shape index (κ2) is 5.70. The highest BCUT2D eigenvalue weighted by Gasteiger charge is 2.30. The van der Waals surface area contributed by atoms with Crippen LogP contribution in [0.3, 0.4) is 0 Å². The highest BCUT2D eigenvalue weighted by Crippen LogP contribution is 2.32. The number of pyridine rings is 1. The van der Waals surface area contributed by atoms with E-state index in [1.165, 1.54) is 36.2 Å². The molecule has 0 radical (unpaired) electrons. The Morgan fingerprint density at radius 1 is 1.44 bits per heavy atom. The summed E-state index contributed by atoms with van der Waals surface area (Å²) in [6.45, 7) is 7.44. The molecule has 2 atom stereocenters. The van der Waals surface area contributed by atoms with Crippen LogP contribution in [0.1, 0.15) is 44.2 Å². The highest BCUT2D eigenvalue weighted by atomic mass is 15.3. The first-order valence-corrected chi connectivity index (χ1v) is 7.11. The first-order chi connectivity index (χ1) is 8.67. The Kier molecular flexibility index (Phi) is 4.23. The molecule has 18 heavy (non-hydrogen) atoms. The van der Waals surface area contributed by atoms with Crippen LogP contribution in [0.2, 0.25) is 0 Å². The molecule has 0 amide bonds. The maximum Gasteiger partial charge on any atom is 0.131 e. The molecule has 0 aliphatic carbocycles. The molecule has 2 unspecified atom stereocenters. The zero-order valence-corrected chi connectivity index (χ0v) is 11.8. The van der Waals surface area contributed by atoms with E-state index in [0.717, 1.165) is 6.42 Å². The molecule has 100 valence electrons. The Hall–Kier alpha value is -1.09. The fourth-order valence-corrected chi connectivity index (χ4v) is 3.05. The summed E-state index contributed by atoms with van der Waals surface area (Å²) >= 11 is 0. The van der Waals surface area contributed by atoms with Crippen molar-refractivity contribution >= 4 is 5.82 Å². The van der Waals surface area contributed by atoms with Gasteiger partial charge in [0.15, 0.2) is 0 Å². The van der Waals surface area contributed by atoms with Crippen LogP contribution in [0.15, 0.2) is 12.3 Å². The summed E-state index contributed by atoms with van der Waals surface area (Å²) in [5.41, 5.74) is 8.13. The van der Waals surface area contributed by atoms with Crippen LogP contribution in [0.4, 0.5) is 5.82 Å². The van der Waals surface area contributed by atoms with Gasteiger partial charge in [-0.15, -0.1) is 0 Å². The summed E-state index contributed by atoms with van der Waals surface area (Å²) in [4.78, 5) is 7.21. The molecule has 2 rings (SSSR count). The zero-order valence-electron chi connectivity index (χ0n) is 11.8. The van der Waals surface area contributed by atoms with Gasteiger partial charge in [-0.2, -0.15) is 0 Å². The lowest BCUT2D eigenvalue weighted by atomic mass is 10.1. The summed E-state index contributed by atoms with van der Waals surface area (Å²) in [7, 11) is 0. The second-order valence-electron chi connectivity index (χ2n) is 5.42. The van der Waals surface area contributed by atoms with Crippen molar-refractivity contribution in [3.63, 3.8) is 0 Å². The van der Waals surface area contributed by atoms with Crippen molar-refractivity contribution < 1.29 is 0 Å².